The summed E-state index contributed by atoms with van der Waals surface area (Å²) in [5.74, 6) is -0.0964. The van der Waals surface area contributed by atoms with Crippen molar-refractivity contribution < 1.29 is 19.1 Å². The fourth-order valence-electron chi connectivity index (χ4n) is 2.05. The minimum Gasteiger partial charge on any atom is -0.493 e. The smallest absolute Gasteiger partial charge is 0.339 e. The van der Waals surface area contributed by atoms with E-state index in [1.165, 1.54) is 6.92 Å². The van der Waals surface area contributed by atoms with Crippen LogP contribution in [0, 0.1) is 5.92 Å². The van der Waals surface area contributed by atoms with Crippen molar-refractivity contribution >= 4 is 29.2 Å². The predicted octanol–water partition coefficient (Wildman–Crippen LogP) is 4.56. The lowest BCUT2D eigenvalue weighted by atomic mass is 10.2. The number of carbonyl (C=O) groups is 2. The number of anilines is 1. The van der Waals surface area contributed by atoms with Crippen LogP contribution in [0.3, 0.4) is 0 Å². The summed E-state index contributed by atoms with van der Waals surface area (Å²) in [4.78, 5) is 24.5. The molecule has 2 rings (SSSR count). The van der Waals surface area contributed by atoms with Crippen molar-refractivity contribution in [3.63, 3.8) is 0 Å². The first-order valence-corrected chi connectivity index (χ1v) is 8.74. The summed E-state index contributed by atoms with van der Waals surface area (Å²) in [7, 11) is 0. The molecular formula is C20H22ClNO4. The maximum Gasteiger partial charge on any atom is 0.339 e. The highest BCUT2D eigenvalue weighted by molar-refractivity contribution is 6.33. The molecule has 138 valence electrons. The molecule has 0 aliphatic heterocycles. The van der Waals surface area contributed by atoms with Crippen molar-refractivity contribution in [1.82, 2.24) is 0 Å². The highest BCUT2D eigenvalue weighted by atomic mass is 35.5. The van der Waals surface area contributed by atoms with Crippen LogP contribution in [-0.4, -0.2) is 24.6 Å². The van der Waals surface area contributed by atoms with Crippen LogP contribution in [0.4, 0.5) is 5.69 Å². The summed E-state index contributed by atoms with van der Waals surface area (Å²) in [6.45, 7) is 6.13. The molecule has 1 N–H and O–H groups in total. The minimum absolute atomic E-state index is 0.323. The molecule has 0 aromatic heterocycles. The van der Waals surface area contributed by atoms with Crippen molar-refractivity contribution in [3.8, 4) is 5.75 Å². The molecule has 26 heavy (non-hydrogen) atoms. The number of hydrogen-bond donors (Lipinski definition) is 1. The van der Waals surface area contributed by atoms with E-state index in [0.29, 0.717) is 34.5 Å². The summed E-state index contributed by atoms with van der Waals surface area (Å²) in [5, 5.41) is 3.05. The highest BCUT2D eigenvalue weighted by Crippen LogP contribution is 2.21. The van der Waals surface area contributed by atoms with Gasteiger partial charge in [0.25, 0.3) is 5.91 Å². The van der Waals surface area contributed by atoms with Gasteiger partial charge >= 0.3 is 5.97 Å². The molecule has 0 spiro atoms. The van der Waals surface area contributed by atoms with Crippen molar-refractivity contribution in [2.45, 2.75) is 26.9 Å². The Kier molecular flexibility index (Phi) is 7.04. The number of ether oxygens (including phenoxy) is 2. The molecular weight excluding hydrogens is 354 g/mol. The lowest BCUT2D eigenvalue weighted by molar-refractivity contribution is -0.123. The fraction of sp³-hybridized carbons (Fsp3) is 0.300. The largest absolute Gasteiger partial charge is 0.493 e. The second-order valence-corrected chi connectivity index (χ2v) is 6.66. The summed E-state index contributed by atoms with van der Waals surface area (Å²) >= 11 is 6.01. The highest BCUT2D eigenvalue weighted by Gasteiger charge is 2.20. The Balaban J connectivity index is 1.97. The lowest BCUT2D eigenvalue weighted by Crippen LogP contribution is -2.30. The van der Waals surface area contributed by atoms with Gasteiger partial charge in [-0.15, -0.1) is 0 Å². The third kappa shape index (κ3) is 5.77. The number of nitrogens with one attached hydrogen (secondary N) is 1. The number of rotatable bonds is 7. The Hall–Kier alpha value is -2.53. The van der Waals surface area contributed by atoms with Crippen molar-refractivity contribution in [2.75, 3.05) is 11.9 Å². The van der Waals surface area contributed by atoms with Gasteiger partial charge in [0.05, 0.1) is 22.9 Å². The van der Waals surface area contributed by atoms with Gasteiger partial charge in [0.2, 0.25) is 0 Å². The van der Waals surface area contributed by atoms with Crippen LogP contribution in [0.2, 0.25) is 5.02 Å². The Bertz CT molecular complexity index is 776. The average Bonchev–Trinajstić information content (AvgIpc) is 2.62. The zero-order chi connectivity index (χ0) is 19.1. The van der Waals surface area contributed by atoms with Crippen molar-refractivity contribution in [3.05, 3.63) is 59.1 Å². The molecule has 2 aromatic carbocycles. The van der Waals surface area contributed by atoms with Crippen LogP contribution in [0.15, 0.2) is 48.5 Å². The van der Waals surface area contributed by atoms with Gasteiger partial charge in [-0.1, -0.05) is 43.6 Å². The van der Waals surface area contributed by atoms with E-state index in [2.05, 4.69) is 5.32 Å². The molecule has 1 atom stereocenters. The van der Waals surface area contributed by atoms with Crippen LogP contribution in [-0.2, 0) is 9.53 Å². The second kappa shape index (κ2) is 9.25. The first-order valence-electron chi connectivity index (χ1n) is 8.36. The van der Waals surface area contributed by atoms with E-state index in [-0.39, 0.29) is 0 Å². The number of halogens is 1. The summed E-state index contributed by atoms with van der Waals surface area (Å²) < 4.78 is 10.8. The van der Waals surface area contributed by atoms with Gasteiger partial charge in [-0.3, -0.25) is 4.79 Å². The number of benzene rings is 2. The number of carbonyl (C=O) groups excluding carboxylic acids is 2. The lowest BCUT2D eigenvalue weighted by Gasteiger charge is -2.15. The summed E-state index contributed by atoms with van der Waals surface area (Å²) in [6.07, 6.45) is -0.973. The molecule has 0 aliphatic rings. The molecule has 0 heterocycles. The zero-order valence-corrected chi connectivity index (χ0v) is 15.7. The maximum absolute atomic E-state index is 12.3. The summed E-state index contributed by atoms with van der Waals surface area (Å²) in [6, 6.07) is 13.5. The standard InChI is InChI=1S/C20H22ClNO4/c1-13(2)12-25-16-8-6-7-15(11-16)20(24)26-14(3)19(23)22-18-10-5-4-9-17(18)21/h4-11,13-14H,12H2,1-3H3,(H,22,23)/t14-/m1/s1. The van der Waals surface area contributed by atoms with Gasteiger partial charge in [0.1, 0.15) is 5.75 Å². The Morgan fingerprint density at radius 1 is 1.08 bits per heavy atom. The predicted molar refractivity (Wildman–Crippen MR) is 102 cm³/mol. The molecule has 2 aromatic rings. The van der Waals surface area contributed by atoms with Gasteiger partial charge in [0, 0.05) is 0 Å². The third-order valence-electron chi connectivity index (χ3n) is 3.44. The number of amides is 1. The number of hydrogen-bond acceptors (Lipinski definition) is 4. The molecule has 0 aliphatic carbocycles. The van der Waals surface area contributed by atoms with E-state index in [9.17, 15) is 9.59 Å². The monoisotopic (exact) mass is 375 g/mol. The van der Waals surface area contributed by atoms with Gasteiger partial charge in [-0.2, -0.15) is 0 Å². The second-order valence-electron chi connectivity index (χ2n) is 6.25. The number of esters is 1. The van der Waals surface area contributed by atoms with Crippen molar-refractivity contribution in [2.24, 2.45) is 5.92 Å². The third-order valence-corrected chi connectivity index (χ3v) is 3.77. The minimum atomic E-state index is -0.973. The molecule has 0 radical (unpaired) electrons. The number of para-hydroxylation sites is 1. The van der Waals surface area contributed by atoms with E-state index in [1.807, 2.05) is 13.8 Å². The van der Waals surface area contributed by atoms with E-state index in [0.717, 1.165) is 0 Å². The van der Waals surface area contributed by atoms with Crippen LogP contribution < -0.4 is 10.1 Å². The first kappa shape index (κ1) is 19.8. The summed E-state index contributed by atoms with van der Waals surface area (Å²) in [5.41, 5.74) is 0.787. The quantitative estimate of drug-likeness (QED) is 0.720. The Morgan fingerprint density at radius 3 is 2.50 bits per heavy atom. The molecule has 1 amide bonds. The normalized spacial score (nSPS) is 11.7. The van der Waals surface area contributed by atoms with Crippen LogP contribution >= 0.6 is 11.6 Å². The molecule has 0 unspecified atom stereocenters. The van der Waals surface area contributed by atoms with Crippen LogP contribution in [0.1, 0.15) is 31.1 Å². The Morgan fingerprint density at radius 2 is 1.81 bits per heavy atom. The van der Waals surface area contributed by atoms with E-state index in [1.54, 1.807) is 48.5 Å². The first-order chi connectivity index (χ1) is 12.4. The van der Waals surface area contributed by atoms with Gasteiger partial charge in [-0.25, -0.2) is 4.79 Å². The van der Waals surface area contributed by atoms with E-state index < -0.39 is 18.0 Å². The zero-order valence-electron chi connectivity index (χ0n) is 15.0. The molecule has 0 saturated carbocycles. The van der Waals surface area contributed by atoms with Crippen LogP contribution in [0.25, 0.3) is 0 Å². The Labute approximate surface area is 158 Å². The molecule has 5 nitrogen and oxygen atoms in total. The van der Waals surface area contributed by atoms with Gasteiger partial charge in [0.15, 0.2) is 6.10 Å². The molecule has 6 heteroatoms. The molecule has 0 bridgehead atoms. The van der Waals surface area contributed by atoms with E-state index >= 15 is 0 Å². The van der Waals surface area contributed by atoms with E-state index in [4.69, 9.17) is 21.1 Å². The van der Waals surface area contributed by atoms with Gasteiger partial charge < -0.3 is 14.8 Å². The topological polar surface area (TPSA) is 64.6 Å². The SMILES string of the molecule is CC(C)COc1cccc(C(=O)O[C@H](C)C(=O)Nc2ccccc2Cl)c1. The molecule has 0 fully saturated rings. The van der Waals surface area contributed by atoms with Crippen LogP contribution in [0.5, 0.6) is 5.75 Å². The molecule has 0 saturated heterocycles. The maximum atomic E-state index is 12.3. The van der Waals surface area contributed by atoms with Crippen molar-refractivity contribution in [1.29, 1.82) is 0 Å². The van der Waals surface area contributed by atoms with Gasteiger partial charge in [-0.05, 0) is 43.2 Å². The average molecular weight is 376 g/mol. The fourth-order valence-corrected chi connectivity index (χ4v) is 2.24.